The smallest absolute Gasteiger partial charge is 0.120 e. The summed E-state index contributed by atoms with van der Waals surface area (Å²) >= 11 is 0. The Hall–Kier alpha value is -2.33. The van der Waals surface area contributed by atoms with Gasteiger partial charge in [0.2, 0.25) is 0 Å². The van der Waals surface area contributed by atoms with Gasteiger partial charge in [-0.1, -0.05) is 6.07 Å². The minimum atomic E-state index is 0.462. The number of aromatic nitrogens is 2. The summed E-state index contributed by atoms with van der Waals surface area (Å²) in [6.45, 7) is 3.91. The Bertz CT molecular complexity index is 749. The third-order valence-electron chi connectivity index (χ3n) is 3.57. The van der Waals surface area contributed by atoms with Crippen molar-refractivity contribution in [1.82, 2.24) is 9.55 Å². The van der Waals surface area contributed by atoms with Crippen LogP contribution in [-0.4, -0.2) is 16.2 Å². The van der Waals surface area contributed by atoms with Crippen molar-refractivity contribution in [2.75, 3.05) is 6.61 Å². The average molecular weight is 281 g/mol. The van der Waals surface area contributed by atoms with E-state index < -0.39 is 0 Å². The summed E-state index contributed by atoms with van der Waals surface area (Å²) in [7, 11) is 0. The second-order valence-corrected chi connectivity index (χ2v) is 4.91. The molecule has 3 rings (SSSR count). The lowest BCUT2D eigenvalue weighted by molar-refractivity contribution is 0.340. The Morgan fingerprint density at radius 2 is 2.14 bits per heavy atom. The van der Waals surface area contributed by atoms with E-state index in [2.05, 4.69) is 40.0 Å². The van der Waals surface area contributed by atoms with E-state index in [4.69, 9.17) is 10.5 Å². The number of benzene rings is 1. The summed E-state index contributed by atoms with van der Waals surface area (Å²) in [5.41, 5.74) is 9.05. The summed E-state index contributed by atoms with van der Waals surface area (Å²) in [4.78, 5) is 4.34. The highest BCUT2D eigenvalue weighted by Gasteiger charge is 2.06. The van der Waals surface area contributed by atoms with Crippen molar-refractivity contribution < 1.29 is 4.74 Å². The van der Waals surface area contributed by atoms with Crippen molar-refractivity contribution >= 4 is 10.9 Å². The van der Waals surface area contributed by atoms with E-state index in [9.17, 15) is 0 Å². The van der Waals surface area contributed by atoms with Crippen molar-refractivity contribution in [1.29, 1.82) is 0 Å². The molecular formula is C17H19N3O. The molecule has 3 aromatic rings. The number of hydrogen-bond donors (Lipinski definition) is 1. The van der Waals surface area contributed by atoms with E-state index in [1.54, 1.807) is 6.20 Å². The molecule has 0 aliphatic heterocycles. The van der Waals surface area contributed by atoms with Gasteiger partial charge in [0.15, 0.2) is 0 Å². The third-order valence-corrected chi connectivity index (χ3v) is 3.57. The molecular weight excluding hydrogens is 262 g/mol. The monoisotopic (exact) mass is 281 g/mol. The van der Waals surface area contributed by atoms with Gasteiger partial charge in [-0.25, -0.2) is 0 Å². The molecule has 4 nitrogen and oxygen atoms in total. The van der Waals surface area contributed by atoms with Crippen molar-refractivity contribution in [3.63, 3.8) is 0 Å². The Kier molecular flexibility index (Phi) is 3.88. The van der Waals surface area contributed by atoms with Crippen molar-refractivity contribution in [3.05, 3.63) is 60.0 Å². The van der Waals surface area contributed by atoms with Crippen LogP contribution in [0.2, 0.25) is 0 Å². The maximum absolute atomic E-state index is 5.76. The molecule has 4 heteroatoms. The van der Waals surface area contributed by atoms with Crippen LogP contribution in [0.25, 0.3) is 10.9 Å². The second-order valence-electron chi connectivity index (χ2n) is 4.91. The number of hydrogen-bond acceptors (Lipinski definition) is 3. The largest absolute Gasteiger partial charge is 0.494 e. The molecule has 1 aromatic carbocycles. The van der Waals surface area contributed by atoms with Crippen LogP contribution in [-0.2, 0) is 13.1 Å². The van der Waals surface area contributed by atoms with Gasteiger partial charge in [-0.2, -0.15) is 0 Å². The fourth-order valence-corrected chi connectivity index (χ4v) is 2.56. The number of rotatable bonds is 5. The summed E-state index contributed by atoms with van der Waals surface area (Å²) in [5.74, 6) is 0.909. The van der Waals surface area contributed by atoms with E-state index in [-0.39, 0.29) is 0 Å². The average Bonchev–Trinajstić information content (AvgIpc) is 2.91. The molecule has 0 fully saturated rings. The van der Waals surface area contributed by atoms with Gasteiger partial charge in [-0.3, -0.25) is 4.98 Å². The Labute approximate surface area is 124 Å². The highest BCUT2D eigenvalue weighted by atomic mass is 16.5. The normalized spacial score (nSPS) is 11.0. The molecule has 0 saturated heterocycles. The second kappa shape index (κ2) is 5.97. The number of ether oxygens (including phenoxy) is 1. The Balaban J connectivity index is 1.94. The first-order chi connectivity index (χ1) is 10.3. The molecule has 0 atom stereocenters. The zero-order valence-corrected chi connectivity index (χ0v) is 12.1. The summed E-state index contributed by atoms with van der Waals surface area (Å²) in [6.07, 6.45) is 3.88. The Morgan fingerprint density at radius 1 is 1.24 bits per heavy atom. The first-order valence-electron chi connectivity index (χ1n) is 7.16. The van der Waals surface area contributed by atoms with E-state index in [1.807, 2.05) is 19.1 Å². The van der Waals surface area contributed by atoms with Crippen LogP contribution in [0.15, 0.2) is 48.8 Å². The predicted molar refractivity (Wildman–Crippen MR) is 84.3 cm³/mol. The van der Waals surface area contributed by atoms with Crippen LogP contribution >= 0.6 is 0 Å². The lowest BCUT2D eigenvalue weighted by atomic mass is 10.2. The zero-order chi connectivity index (χ0) is 14.7. The first kappa shape index (κ1) is 13.6. The highest BCUT2D eigenvalue weighted by molar-refractivity contribution is 5.81. The zero-order valence-electron chi connectivity index (χ0n) is 12.1. The predicted octanol–water partition coefficient (Wildman–Crippen LogP) is 2.94. The van der Waals surface area contributed by atoms with E-state index in [0.717, 1.165) is 23.6 Å². The van der Waals surface area contributed by atoms with Gasteiger partial charge in [-0.05, 0) is 42.8 Å². The van der Waals surface area contributed by atoms with Crippen molar-refractivity contribution in [3.8, 4) is 5.75 Å². The summed E-state index contributed by atoms with van der Waals surface area (Å²) < 4.78 is 7.75. The molecule has 21 heavy (non-hydrogen) atoms. The van der Waals surface area contributed by atoms with Crippen molar-refractivity contribution in [2.45, 2.75) is 20.0 Å². The third kappa shape index (κ3) is 2.76. The van der Waals surface area contributed by atoms with E-state index in [0.29, 0.717) is 13.2 Å². The first-order valence-corrected chi connectivity index (χ1v) is 7.16. The standard InChI is InChI=1S/C17H19N3O/c1-2-21-15-5-6-17-13(10-15)7-9-20(17)12-14-4-3-8-19-16(14)11-18/h3-10H,2,11-12,18H2,1H3. The Morgan fingerprint density at radius 3 is 2.95 bits per heavy atom. The van der Waals surface area contributed by atoms with Crippen LogP contribution < -0.4 is 10.5 Å². The van der Waals surface area contributed by atoms with Gasteiger partial charge in [-0.15, -0.1) is 0 Å². The van der Waals surface area contributed by atoms with Crippen LogP contribution in [0.1, 0.15) is 18.2 Å². The topological polar surface area (TPSA) is 53.1 Å². The van der Waals surface area contributed by atoms with E-state index in [1.165, 1.54) is 10.9 Å². The SMILES string of the molecule is CCOc1ccc2c(ccn2Cc2cccnc2CN)c1. The molecule has 0 amide bonds. The molecule has 0 unspecified atom stereocenters. The molecule has 0 radical (unpaired) electrons. The fraction of sp³-hybridized carbons (Fsp3) is 0.235. The summed E-state index contributed by atoms with van der Waals surface area (Å²) in [5, 5.41) is 1.18. The molecule has 108 valence electrons. The molecule has 0 spiro atoms. The molecule has 0 saturated carbocycles. The molecule has 0 aliphatic rings. The van der Waals surface area contributed by atoms with Gasteiger partial charge in [0.25, 0.3) is 0 Å². The minimum absolute atomic E-state index is 0.462. The maximum atomic E-state index is 5.76. The lowest BCUT2D eigenvalue weighted by Crippen LogP contribution is -2.07. The lowest BCUT2D eigenvalue weighted by Gasteiger charge is -2.09. The minimum Gasteiger partial charge on any atom is -0.494 e. The van der Waals surface area contributed by atoms with Gasteiger partial charge in [0, 0.05) is 36.4 Å². The van der Waals surface area contributed by atoms with Gasteiger partial charge in [0.1, 0.15) is 5.75 Å². The van der Waals surface area contributed by atoms with Crippen molar-refractivity contribution in [2.24, 2.45) is 5.73 Å². The van der Waals surface area contributed by atoms with Gasteiger partial charge in [0.05, 0.1) is 12.3 Å². The number of fused-ring (bicyclic) bond motifs is 1. The maximum Gasteiger partial charge on any atom is 0.120 e. The molecule has 0 aliphatic carbocycles. The fourth-order valence-electron chi connectivity index (χ4n) is 2.56. The van der Waals surface area contributed by atoms with Crippen LogP contribution in [0.3, 0.4) is 0 Å². The van der Waals surface area contributed by atoms with Crippen LogP contribution in [0.4, 0.5) is 0 Å². The van der Waals surface area contributed by atoms with Gasteiger partial charge < -0.3 is 15.0 Å². The van der Waals surface area contributed by atoms with E-state index >= 15 is 0 Å². The number of nitrogens with two attached hydrogens (primary N) is 1. The molecule has 2 N–H and O–H groups in total. The molecule has 2 aromatic heterocycles. The van der Waals surface area contributed by atoms with Gasteiger partial charge >= 0.3 is 0 Å². The number of pyridine rings is 1. The highest BCUT2D eigenvalue weighted by Crippen LogP contribution is 2.23. The molecule has 0 bridgehead atoms. The number of nitrogens with zero attached hydrogens (tertiary/aromatic N) is 2. The van der Waals surface area contributed by atoms with Crippen LogP contribution in [0, 0.1) is 0 Å². The molecule has 2 heterocycles. The summed E-state index contributed by atoms with van der Waals surface area (Å²) in [6, 6.07) is 12.3. The van der Waals surface area contributed by atoms with Crippen LogP contribution in [0.5, 0.6) is 5.75 Å². The quantitative estimate of drug-likeness (QED) is 0.782.